The van der Waals surface area contributed by atoms with Crippen molar-refractivity contribution in [1.29, 1.82) is 5.26 Å². The van der Waals surface area contributed by atoms with Crippen LogP contribution in [-0.2, 0) is 0 Å². The molecule has 0 saturated heterocycles. The first kappa shape index (κ1) is 39.1. The van der Waals surface area contributed by atoms with Crippen molar-refractivity contribution in [3.05, 3.63) is 190 Å². The van der Waals surface area contributed by atoms with Crippen LogP contribution in [0.2, 0.25) is 0 Å². The highest BCUT2D eigenvalue weighted by molar-refractivity contribution is 6.20. The van der Waals surface area contributed by atoms with Gasteiger partial charge in [0.25, 0.3) is 0 Å². The number of benzene rings is 9. The molecule has 0 radical (unpaired) electrons. The van der Waals surface area contributed by atoms with Gasteiger partial charge in [-0.2, -0.15) is 5.26 Å². The summed E-state index contributed by atoms with van der Waals surface area (Å²) in [6, 6.07) is 52.6. The Morgan fingerprint density at radius 3 is 1.00 bits per heavy atom. The standard InChI is InChI=1S/C59H47N3O2/c1-33-13-9-14-34(2)54(33)61(55-35(3)15-10-16-36(55)4)45-23-21-41-27-47-49-31-50-48-28-42-22-24-46(62(56-37(5)17-11-18-38(56)6)57-39(7)19-12-20-40(57)8)26-44(42)30-53(48)64-59(50)51(32-60)58(49)63-52(47)29-43(41)25-45/h9-31H,1-8H3. The van der Waals surface area contributed by atoms with Crippen LogP contribution in [0, 0.1) is 66.7 Å². The maximum absolute atomic E-state index is 10.8. The molecule has 11 rings (SSSR count). The predicted molar refractivity (Wildman–Crippen MR) is 268 cm³/mol. The molecule has 310 valence electrons. The van der Waals surface area contributed by atoms with Gasteiger partial charge in [0.1, 0.15) is 22.8 Å². The van der Waals surface area contributed by atoms with E-state index in [-0.39, 0.29) is 0 Å². The lowest BCUT2D eigenvalue weighted by Gasteiger charge is -2.31. The van der Waals surface area contributed by atoms with E-state index in [2.05, 4.69) is 211 Å². The molecule has 64 heavy (non-hydrogen) atoms. The van der Waals surface area contributed by atoms with Crippen LogP contribution in [0.25, 0.3) is 65.4 Å². The Bertz CT molecular complexity index is 3380. The molecule has 0 unspecified atom stereocenters. The SMILES string of the molecule is Cc1cccc(C)c1N(c1ccc2cc3c(cc2c1)oc1c(C#N)c2oc4cc5cc(N(c6c(C)cccc6C)c6c(C)cccc6C)ccc5cc4c2cc13)c1c(C)cccc1C. The van der Waals surface area contributed by atoms with Crippen LogP contribution < -0.4 is 9.80 Å². The normalized spacial score (nSPS) is 11.7. The summed E-state index contributed by atoms with van der Waals surface area (Å²) in [5.41, 5.74) is 19.5. The fourth-order valence-electron chi connectivity index (χ4n) is 10.4. The van der Waals surface area contributed by atoms with Crippen molar-refractivity contribution in [2.45, 2.75) is 55.4 Å². The second-order valence-electron chi connectivity index (χ2n) is 17.7. The lowest BCUT2D eigenvalue weighted by molar-refractivity contribution is 0.654. The van der Waals surface area contributed by atoms with Crippen LogP contribution in [0.4, 0.5) is 34.1 Å². The van der Waals surface area contributed by atoms with Crippen molar-refractivity contribution in [3.8, 4) is 6.07 Å². The summed E-state index contributed by atoms with van der Waals surface area (Å²) in [6.07, 6.45) is 0. The maximum Gasteiger partial charge on any atom is 0.157 e. The lowest BCUT2D eigenvalue weighted by atomic mass is 9.99. The number of para-hydroxylation sites is 4. The Morgan fingerprint density at radius 1 is 0.359 bits per heavy atom. The molecular weight excluding hydrogens is 783 g/mol. The van der Waals surface area contributed by atoms with Crippen molar-refractivity contribution in [2.24, 2.45) is 0 Å². The van der Waals surface area contributed by atoms with Gasteiger partial charge >= 0.3 is 0 Å². The Hall–Kier alpha value is -7.81. The number of furan rings is 2. The second kappa shape index (κ2) is 14.6. The third-order valence-electron chi connectivity index (χ3n) is 13.4. The Kier molecular flexibility index (Phi) is 8.94. The zero-order chi connectivity index (χ0) is 44.1. The first-order chi connectivity index (χ1) is 31.0. The van der Waals surface area contributed by atoms with E-state index in [1.54, 1.807) is 0 Å². The lowest BCUT2D eigenvalue weighted by Crippen LogP contribution is -2.15. The van der Waals surface area contributed by atoms with Gasteiger partial charge in [-0.1, -0.05) is 84.9 Å². The van der Waals surface area contributed by atoms with Crippen LogP contribution in [-0.4, -0.2) is 0 Å². The number of fused-ring (bicyclic) bond motifs is 8. The summed E-state index contributed by atoms with van der Waals surface area (Å²) in [6.45, 7) is 17.5. The molecule has 5 heteroatoms. The summed E-state index contributed by atoms with van der Waals surface area (Å²) in [5, 5.41) is 18.8. The molecule has 0 aliphatic carbocycles. The molecule has 0 saturated carbocycles. The van der Waals surface area contributed by atoms with Crippen molar-refractivity contribution in [1.82, 2.24) is 0 Å². The van der Waals surface area contributed by atoms with E-state index in [4.69, 9.17) is 8.83 Å². The summed E-state index contributed by atoms with van der Waals surface area (Å²) in [5.74, 6) is 0. The first-order valence-corrected chi connectivity index (χ1v) is 22.0. The Labute approximate surface area is 373 Å². The molecule has 0 aliphatic heterocycles. The number of nitrogens with zero attached hydrogens (tertiary/aromatic N) is 3. The van der Waals surface area contributed by atoms with Crippen LogP contribution in [0.5, 0.6) is 0 Å². The van der Waals surface area contributed by atoms with Gasteiger partial charge in [0.2, 0.25) is 0 Å². The van der Waals surface area contributed by atoms with Crippen molar-refractivity contribution in [2.75, 3.05) is 9.80 Å². The minimum atomic E-state index is 0.404. The zero-order valence-electron chi connectivity index (χ0n) is 37.4. The third-order valence-corrected chi connectivity index (χ3v) is 13.4. The minimum Gasteiger partial charge on any atom is -0.454 e. The van der Waals surface area contributed by atoms with E-state index < -0.39 is 0 Å². The van der Waals surface area contributed by atoms with E-state index in [0.29, 0.717) is 16.7 Å². The molecule has 5 nitrogen and oxygen atoms in total. The largest absolute Gasteiger partial charge is 0.454 e. The van der Waals surface area contributed by atoms with Crippen LogP contribution in [0.3, 0.4) is 0 Å². The van der Waals surface area contributed by atoms with Gasteiger partial charge in [0.05, 0.1) is 22.7 Å². The van der Waals surface area contributed by atoms with Gasteiger partial charge in [-0.05, 0) is 176 Å². The molecule has 2 heterocycles. The number of anilines is 6. The van der Waals surface area contributed by atoms with E-state index in [0.717, 1.165) is 65.6 Å². The maximum atomic E-state index is 10.8. The molecule has 0 fully saturated rings. The van der Waals surface area contributed by atoms with Crippen molar-refractivity contribution in [3.63, 3.8) is 0 Å². The van der Waals surface area contributed by atoms with Crippen LogP contribution in [0.15, 0.2) is 148 Å². The summed E-state index contributed by atoms with van der Waals surface area (Å²) < 4.78 is 13.3. The second-order valence-corrected chi connectivity index (χ2v) is 17.7. The van der Waals surface area contributed by atoms with Crippen molar-refractivity contribution >= 4 is 99.5 Å². The topological polar surface area (TPSA) is 56.6 Å². The molecule has 9 aromatic carbocycles. The fourth-order valence-corrected chi connectivity index (χ4v) is 10.4. The van der Waals surface area contributed by atoms with E-state index in [1.807, 2.05) is 0 Å². The summed E-state index contributed by atoms with van der Waals surface area (Å²) in [4.78, 5) is 4.81. The van der Waals surface area contributed by atoms with Gasteiger partial charge in [-0.3, -0.25) is 0 Å². The molecule has 0 bridgehead atoms. The highest BCUT2D eigenvalue weighted by atomic mass is 16.3. The Balaban J connectivity index is 1.06. The van der Waals surface area contributed by atoms with E-state index in [9.17, 15) is 5.26 Å². The summed E-state index contributed by atoms with van der Waals surface area (Å²) in [7, 11) is 0. The average molecular weight is 830 g/mol. The van der Waals surface area contributed by atoms with Gasteiger partial charge in [0.15, 0.2) is 11.2 Å². The molecule has 2 aromatic heterocycles. The zero-order valence-corrected chi connectivity index (χ0v) is 37.4. The number of hydrogen-bond donors (Lipinski definition) is 0. The molecular formula is C59H47N3O2. The smallest absolute Gasteiger partial charge is 0.157 e. The molecule has 0 atom stereocenters. The van der Waals surface area contributed by atoms with Gasteiger partial charge < -0.3 is 18.6 Å². The highest BCUT2D eigenvalue weighted by Gasteiger charge is 2.25. The molecule has 0 N–H and O–H groups in total. The monoisotopic (exact) mass is 829 g/mol. The number of aryl methyl sites for hydroxylation is 8. The van der Waals surface area contributed by atoms with Crippen LogP contribution >= 0.6 is 0 Å². The Morgan fingerprint density at radius 2 is 0.688 bits per heavy atom. The predicted octanol–water partition coefficient (Wildman–Crippen LogP) is 17.1. The van der Waals surface area contributed by atoms with Gasteiger partial charge in [0, 0.05) is 32.9 Å². The van der Waals surface area contributed by atoms with E-state index in [1.165, 1.54) is 67.3 Å². The molecule has 0 amide bonds. The quantitative estimate of drug-likeness (QED) is 0.167. The number of rotatable bonds is 6. The first-order valence-electron chi connectivity index (χ1n) is 22.0. The molecule has 0 spiro atoms. The van der Waals surface area contributed by atoms with Crippen LogP contribution in [0.1, 0.15) is 50.1 Å². The summed E-state index contributed by atoms with van der Waals surface area (Å²) >= 11 is 0. The fraction of sp³-hybridized carbons (Fsp3) is 0.136. The average Bonchev–Trinajstić information content (AvgIpc) is 3.81. The van der Waals surface area contributed by atoms with E-state index >= 15 is 0 Å². The third kappa shape index (κ3) is 5.97. The number of nitriles is 1. The molecule has 11 aromatic rings. The van der Waals surface area contributed by atoms with Crippen molar-refractivity contribution < 1.29 is 8.83 Å². The minimum absolute atomic E-state index is 0.404. The molecule has 0 aliphatic rings. The van der Waals surface area contributed by atoms with Gasteiger partial charge in [-0.25, -0.2) is 0 Å². The van der Waals surface area contributed by atoms with Gasteiger partial charge in [-0.15, -0.1) is 0 Å². The highest BCUT2D eigenvalue weighted by Crippen LogP contribution is 2.47. The number of hydrogen-bond acceptors (Lipinski definition) is 5.